The van der Waals surface area contributed by atoms with E-state index in [-0.39, 0.29) is 23.1 Å². The normalized spacial score (nSPS) is 11.1. The third kappa shape index (κ3) is 5.74. The van der Waals surface area contributed by atoms with Crippen LogP contribution >= 0.6 is 0 Å². The molecule has 0 fully saturated rings. The number of nitrogens with two attached hydrogens (primary N) is 1. The van der Waals surface area contributed by atoms with Gasteiger partial charge in [-0.15, -0.1) is 0 Å². The Morgan fingerprint density at radius 1 is 1.11 bits per heavy atom. The molecule has 0 atom stereocenters. The Morgan fingerprint density at radius 2 is 1.86 bits per heavy atom. The molecule has 0 heterocycles. The van der Waals surface area contributed by atoms with E-state index < -0.39 is 0 Å². The fourth-order valence-electron chi connectivity index (χ4n) is 3.03. The van der Waals surface area contributed by atoms with Crippen LogP contribution in [0.25, 0.3) is 11.1 Å². The summed E-state index contributed by atoms with van der Waals surface area (Å²) in [5, 5.41) is 16.1. The first-order chi connectivity index (χ1) is 13.2. The van der Waals surface area contributed by atoms with Crippen molar-refractivity contribution in [1.82, 2.24) is 10.6 Å². The summed E-state index contributed by atoms with van der Waals surface area (Å²) >= 11 is 0. The van der Waals surface area contributed by atoms with Crippen molar-refractivity contribution in [2.24, 2.45) is 5.73 Å². The molecule has 0 aliphatic carbocycles. The van der Waals surface area contributed by atoms with Crippen molar-refractivity contribution in [2.45, 2.75) is 45.6 Å². The second-order valence-corrected chi connectivity index (χ2v) is 7.50. The van der Waals surface area contributed by atoms with Crippen molar-refractivity contribution >= 4 is 11.9 Å². The Labute approximate surface area is 166 Å². The lowest BCUT2D eigenvalue weighted by atomic mass is 9.79. The largest absolute Gasteiger partial charge is 0.507 e. The van der Waals surface area contributed by atoms with E-state index in [1.54, 1.807) is 6.07 Å². The number of amides is 3. The Morgan fingerprint density at radius 3 is 2.50 bits per heavy atom. The predicted octanol–water partition coefficient (Wildman–Crippen LogP) is 3.42. The summed E-state index contributed by atoms with van der Waals surface area (Å²) in [5.41, 5.74) is 8.46. The van der Waals surface area contributed by atoms with Crippen LogP contribution in [0, 0.1) is 0 Å². The number of urea groups is 1. The molecule has 0 unspecified atom stereocenters. The number of hydrogen-bond acceptors (Lipinski definition) is 3. The zero-order valence-electron chi connectivity index (χ0n) is 16.7. The van der Waals surface area contributed by atoms with Gasteiger partial charge in [0.15, 0.2) is 0 Å². The van der Waals surface area contributed by atoms with Crippen LogP contribution in [0.2, 0.25) is 0 Å². The fourth-order valence-corrected chi connectivity index (χ4v) is 3.03. The summed E-state index contributed by atoms with van der Waals surface area (Å²) in [5.74, 6) is -0.148. The highest BCUT2D eigenvalue weighted by atomic mass is 16.3. The minimum atomic E-state index is -0.327. The summed E-state index contributed by atoms with van der Waals surface area (Å²) < 4.78 is 0. The van der Waals surface area contributed by atoms with Gasteiger partial charge in [-0.3, -0.25) is 4.79 Å². The zero-order valence-corrected chi connectivity index (χ0v) is 16.7. The molecule has 0 aromatic heterocycles. The number of carbonyl (C=O) groups is 2. The molecule has 0 spiro atoms. The van der Waals surface area contributed by atoms with E-state index in [1.165, 1.54) is 0 Å². The maximum absolute atomic E-state index is 11.6. The molecular weight excluding hydrogens is 354 g/mol. The summed E-state index contributed by atoms with van der Waals surface area (Å²) in [6.07, 6.45) is 0.915. The number of phenolic OH excluding ortho intramolecular Hbond substituents is 1. The molecule has 0 saturated carbocycles. The van der Waals surface area contributed by atoms with Gasteiger partial charge in [0.1, 0.15) is 5.75 Å². The SMILES string of the molecule is CCNC(=O)NCc1cccc(-c2ccc(C(C)(C)CCC(N)=O)cc2O)c1. The van der Waals surface area contributed by atoms with Crippen molar-refractivity contribution in [3.8, 4) is 16.9 Å². The van der Waals surface area contributed by atoms with Crippen LogP contribution in [-0.4, -0.2) is 23.6 Å². The average Bonchev–Trinajstić information content (AvgIpc) is 2.65. The first-order valence-corrected chi connectivity index (χ1v) is 9.45. The molecule has 0 aliphatic rings. The predicted molar refractivity (Wildman–Crippen MR) is 111 cm³/mol. The molecule has 2 aromatic carbocycles. The van der Waals surface area contributed by atoms with E-state index in [1.807, 2.05) is 57.2 Å². The van der Waals surface area contributed by atoms with Crippen molar-refractivity contribution in [2.75, 3.05) is 6.54 Å². The van der Waals surface area contributed by atoms with Gasteiger partial charge in [0.05, 0.1) is 0 Å². The van der Waals surface area contributed by atoms with Crippen LogP contribution in [0.4, 0.5) is 4.79 Å². The van der Waals surface area contributed by atoms with Gasteiger partial charge in [-0.1, -0.05) is 44.2 Å². The summed E-state index contributed by atoms with van der Waals surface area (Å²) in [4.78, 5) is 22.7. The highest BCUT2D eigenvalue weighted by Crippen LogP contribution is 2.36. The lowest BCUT2D eigenvalue weighted by Crippen LogP contribution is -2.34. The highest BCUT2D eigenvalue weighted by molar-refractivity contribution is 5.75. The second kappa shape index (κ2) is 9.26. The van der Waals surface area contributed by atoms with Crippen molar-refractivity contribution in [1.29, 1.82) is 0 Å². The molecule has 3 amide bonds. The lowest BCUT2D eigenvalue weighted by molar-refractivity contribution is -0.118. The average molecular weight is 383 g/mol. The first-order valence-electron chi connectivity index (χ1n) is 9.45. The second-order valence-electron chi connectivity index (χ2n) is 7.50. The molecule has 2 aromatic rings. The van der Waals surface area contributed by atoms with Crippen LogP contribution < -0.4 is 16.4 Å². The Bertz CT molecular complexity index is 847. The van der Waals surface area contributed by atoms with Crippen LogP contribution in [0.5, 0.6) is 5.75 Å². The van der Waals surface area contributed by atoms with E-state index in [4.69, 9.17) is 5.73 Å². The quantitative estimate of drug-likeness (QED) is 0.561. The number of benzene rings is 2. The van der Waals surface area contributed by atoms with Gasteiger partial charge >= 0.3 is 6.03 Å². The molecule has 5 N–H and O–H groups in total. The molecule has 0 aliphatic heterocycles. The van der Waals surface area contributed by atoms with E-state index in [9.17, 15) is 14.7 Å². The van der Waals surface area contributed by atoms with Crippen molar-refractivity contribution < 1.29 is 14.7 Å². The fraction of sp³-hybridized carbons (Fsp3) is 0.364. The third-order valence-electron chi connectivity index (χ3n) is 4.80. The van der Waals surface area contributed by atoms with E-state index in [0.29, 0.717) is 31.5 Å². The van der Waals surface area contributed by atoms with Crippen LogP contribution in [0.1, 0.15) is 44.7 Å². The maximum Gasteiger partial charge on any atom is 0.315 e. The number of carbonyl (C=O) groups excluding carboxylic acids is 2. The molecular formula is C22H29N3O3. The smallest absolute Gasteiger partial charge is 0.315 e. The van der Waals surface area contributed by atoms with Crippen LogP contribution in [-0.2, 0) is 16.8 Å². The minimum Gasteiger partial charge on any atom is -0.507 e. The van der Waals surface area contributed by atoms with Gasteiger partial charge in [-0.25, -0.2) is 4.79 Å². The molecule has 150 valence electrons. The van der Waals surface area contributed by atoms with Crippen LogP contribution in [0.3, 0.4) is 0 Å². The summed E-state index contributed by atoms with van der Waals surface area (Å²) in [6.45, 7) is 6.89. The molecule has 6 nitrogen and oxygen atoms in total. The standard InChI is InChI=1S/C22H29N3O3/c1-4-24-21(28)25-14-15-6-5-7-16(12-15)18-9-8-17(13-19(18)26)22(2,3)11-10-20(23)27/h5-9,12-13,26H,4,10-11,14H2,1-3H3,(H2,23,27)(H2,24,25,28). The molecule has 6 heteroatoms. The summed E-state index contributed by atoms with van der Waals surface area (Å²) in [6, 6.07) is 13.1. The first kappa shape index (κ1) is 21.3. The monoisotopic (exact) mass is 383 g/mol. The Balaban J connectivity index is 2.19. The number of hydrogen-bond donors (Lipinski definition) is 4. The van der Waals surface area contributed by atoms with Gasteiger partial charge in [0, 0.05) is 25.1 Å². The molecule has 0 bridgehead atoms. The topological polar surface area (TPSA) is 104 Å². The Kier molecular flexibility index (Phi) is 7.04. The van der Waals surface area contributed by atoms with Gasteiger partial charge in [-0.05, 0) is 47.6 Å². The highest BCUT2D eigenvalue weighted by Gasteiger charge is 2.22. The van der Waals surface area contributed by atoms with E-state index >= 15 is 0 Å². The van der Waals surface area contributed by atoms with E-state index in [0.717, 1.165) is 16.7 Å². The van der Waals surface area contributed by atoms with Crippen LogP contribution in [0.15, 0.2) is 42.5 Å². The Hall–Kier alpha value is -3.02. The molecule has 28 heavy (non-hydrogen) atoms. The van der Waals surface area contributed by atoms with E-state index in [2.05, 4.69) is 10.6 Å². The minimum absolute atomic E-state index is 0.179. The van der Waals surface area contributed by atoms with Gasteiger partial charge in [-0.2, -0.15) is 0 Å². The molecule has 0 saturated heterocycles. The van der Waals surface area contributed by atoms with Crippen molar-refractivity contribution in [3.05, 3.63) is 53.6 Å². The van der Waals surface area contributed by atoms with Gasteiger partial charge in [0.2, 0.25) is 5.91 Å². The number of aromatic hydroxyl groups is 1. The number of nitrogens with one attached hydrogen (secondary N) is 2. The number of phenols is 1. The number of rotatable bonds is 8. The third-order valence-corrected chi connectivity index (χ3v) is 4.80. The lowest BCUT2D eigenvalue weighted by Gasteiger charge is -2.25. The molecule has 2 rings (SSSR count). The maximum atomic E-state index is 11.6. The summed E-state index contributed by atoms with van der Waals surface area (Å²) in [7, 11) is 0. The van der Waals surface area contributed by atoms with Crippen molar-refractivity contribution in [3.63, 3.8) is 0 Å². The van der Waals surface area contributed by atoms with Gasteiger partial charge in [0.25, 0.3) is 0 Å². The van der Waals surface area contributed by atoms with Gasteiger partial charge < -0.3 is 21.5 Å². The zero-order chi connectivity index (χ0) is 20.7. The molecule has 0 radical (unpaired) electrons. The number of primary amides is 1.